The van der Waals surface area contributed by atoms with E-state index in [4.69, 9.17) is 0 Å². The highest BCUT2D eigenvalue weighted by Crippen LogP contribution is 2.33. The topological polar surface area (TPSA) is 20.3 Å². The molecule has 0 saturated carbocycles. The number of nitrogens with zero attached hydrogens (tertiary/aromatic N) is 1. The van der Waals surface area contributed by atoms with Gasteiger partial charge in [0.15, 0.2) is 5.78 Å². The number of carbonyl (C=O) groups is 1. The summed E-state index contributed by atoms with van der Waals surface area (Å²) in [5.74, 6) is 0.284. The summed E-state index contributed by atoms with van der Waals surface area (Å²) in [6.07, 6.45) is 4.45. The van der Waals surface area contributed by atoms with E-state index in [1.54, 1.807) is 0 Å². The van der Waals surface area contributed by atoms with Crippen molar-refractivity contribution in [3.05, 3.63) is 35.4 Å². The molecular formula is C18H27NO. The van der Waals surface area contributed by atoms with E-state index in [-0.39, 0.29) is 5.78 Å². The van der Waals surface area contributed by atoms with Crippen LogP contribution in [0.2, 0.25) is 0 Å². The van der Waals surface area contributed by atoms with Gasteiger partial charge in [0.25, 0.3) is 0 Å². The molecule has 20 heavy (non-hydrogen) atoms. The van der Waals surface area contributed by atoms with Crippen LogP contribution in [0.5, 0.6) is 0 Å². The maximum absolute atomic E-state index is 12.3. The summed E-state index contributed by atoms with van der Waals surface area (Å²) < 4.78 is 0. The summed E-state index contributed by atoms with van der Waals surface area (Å²) in [5.41, 5.74) is 2.51. The van der Waals surface area contributed by atoms with Gasteiger partial charge in [0, 0.05) is 18.5 Å². The van der Waals surface area contributed by atoms with Crippen LogP contribution < -0.4 is 0 Å². The van der Waals surface area contributed by atoms with Crippen molar-refractivity contribution in [3.8, 4) is 0 Å². The molecule has 0 unspecified atom stereocenters. The average molecular weight is 273 g/mol. The number of piperidine rings is 1. The molecule has 1 saturated heterocycles. The minimum atomic E-state index is 0.284. The second-order valence-electron chi connectivity index (χ2n) is 6.49. The van der Waals surface area contributed by atoms with Crippen molar-refractivity contribution < 1.29 is 4.79 Å². The maximum atomic E-state index is 12.3. The van der Waals surface area contributed by atoms with E-state index in [2.05, 4.69) is 18.7 Å². The van der Waals surface area contributed by atoms with Crippen LogP contribution in [0.4, 0.5) is 0 Å². The number of hydrogen-bond donors (Lipinski definition) is 0. The number of Topliss-reactive ketones (excluding diaryl/α,β-unsaturated/α-hetero) is 1. The number of rotatable bonds is 5. The molecule has 2 rings (SSSR count). The van der Waals surface area contributed by atoms with Gasteiger partial charge in [-0.3, -0.25) is 4.79 Å². The summed E-state index contributed by atoms with van der Waals surface area (Å²) in [6.45, 7) is 9.89. The molecule has 0 atom stereocenters. The molecule has 2 nitrogen and oxygen atoms in total. The highest BCUT2D eigenvalue weighted by Gasteiger charge is 2.28. The van der Waals surface area contributed by atoms with Gasteiger partial charge in [0.2, 0.25) is 0 Å². The van der Waals surface area contributed by atoms with E-state index >= 15 is 0 Å². The Morgan fingerprint density at radius 1 is 1.25 bits per heavy atom. The van der Waals surface area contributed by atoms with E-state index in [9.17, 15) is 4.79 Å². The molecule has 0 bridgehead atoms. The molecular weight excluding hydrogens is 246 g/mol. The lowest BCUT2D eigenvalue weighted by atomic mass is 9.78. The molecule has 1 aromatic carbocycles. The number of carbonyl (C=O) groups excluding carboxylic acids is 1. The van der Waals surface area contributed by atoms with Gasteiger partial charge < -0.3 is 4.90 Å². The molecule has 0 spiro atoms. The molecule has 1 aliphatic heterocycles. The number of benzene rings is 1. The highest BCUT2D eigenvalue weighted by molar-refractivity contribution is 5.97. The molecule has 0 N–H and O–H groups in total. The lowest BCUT2D eigenvalue weighted by molar-refractivity contribution is 0.0902. The SMILES string of the molecule is CCC1(C)CCN(CCC(=O)c2ccccc2C)CC1. The number of aryl methyl sites for hydroxylation is 1. The van der Waals surface area contributed by atoms with Crippen LogP contribution in [0.25, 0.3) is 0 Å². The Balaban J connectivity index is 1.82. The summed E-state index contributed by atoms with van der Waals surface area (Å²) in [6, 6.07) is 7.90. The van der Waals surface area contributed by atoms with Crippen LogP contribution in [-0.2, 0) is 0 Å². The molecule has 1 aliphatic rings. The van der Waals surface area contributed by atoms with E-state index in [1.807, 2.05) is 31.2 Å². The van der Waals surface area contributed by atoms with Crippen molar-refractivity contribution in [2.45, 2.75) is 46.5 Å². The van der Waals surface area contributed by atoms with E-state index in [0.717, 1.165) is 30.8 Å². The molecule has 0 aliphatic carbocycles. The normalized spacial score (nSPS) is 18.9. The second-order valence-corrected chi connectivity index (χ2v) is 6.49. The first-order chi connectivity index (χ1) is 9.54. The molecule has 1 heterocycles. The third kappa shape index (κ3) is 3.69. The van der Waals surface area contributed by atoms with Crippen LogP contribution in [0.1, 0.15) is 55.5 Å². The lowest BCUT2D eigenvalue weighted by Crippen LogP contribution is -2.39. The minimum absolute atomic E-state index is 0.284. The lowest BCUT2D eigenvalue weighted by Gasteiger charge is -2.38. The highest BCUT2D eigenvalue weighted by atomic mass is 16.1. The zero-order chi connectivity index (χ0) is 14.6. The summed E-state index contributed by atoms with van der Waals surface area (Å²) in [7, 11) is 0. The molecule has 2 heteroatoms. The zero-order valence-corrected chi connectivity index (χ0v) is 13.1. The van der Waals surface area contributed by atoms with Gasteiger partial charge in [0.1, 0.15) is 0 Å². The molecule has 1 fully saturated rings. The first kappa shape index (κ1) is 15.2. The van der Waals surface area contributed by atoms with Gasteiger partial charge in [-0.05, 0) is 43.8 Å². The molecule has 110 valence electrons. The summed E-state index contributed by atoms with van der Waals surface area (Å²) in [5, 5.41) is 0. The van der Waals surface area contributed by atoms with Crippen molar-refractivity contribution >= 4 is 5.78 Å². The van der Waals surface area contributed by atoms with Crippen LogP contribution in [-0.4, -0.2) is 30.3 Å². The van der Waals surface area contributed by atoms with Gasteiger partial charge in [-0.15, -0.1) is 0 Å². The van der Waals surface area contributed by atoms with Crippen molar-refractivity contribution in [2.75, 3.05) is 19.6 Å². The van der Waals surface area contributed by atoms with Crippen LogP contribution >= 0.6 is 0 Å². The van der Waals surface area contributed by atoms with Crippen molar-refractivity contribution in [3.63, 3.8) is 0 Å². The van der Waals surface area contributed by atoms with Crippen molar-refractivity contribution in [2.24, 2.45) is 5.41 Å². The fraction of sp³-hybridized carbons (Fsp3) is 0.611. The summed E-state index contributed by atoms with van der Waals surface area (Å²) >= 11 is 0. The van der Waals surface area contributed by atoms with Gasteiger partial charge in [-0.25, -0.2) is 0 Å². The predicted octanol–water partition coefficient (Wildman–Crippen LogP) is 4.08. The second kappa shape index (κ2) is 6.53. The standard InChI is InChI=1S/C18H27NO/c1-4-18(3)10-13-19(14-11-18)12-9-17(20)16-8-6-5-7-15(16)2/h5-8H,4,9-14H2,1-3H3. The molecule has 0 radical (unpaired) electrons. The molecule has 0 amide bonds. The van der Waals surface area contributed by atoms with Crippen LogP contribution in [0, 0.1) is 12.3 Å². The Labute approximate surface area is 123 Å². The smallest absolute Gasteiger partial charge is 0.164 e. The van der Waals surface area contributed by atoms with Crippen LogP contribution in [0.3, 0.4) is 0 Å². The van der Waals surface area contributed by atoms with E-state index < -0.39 is 0 Å². The van der Waals surface area contributed by atoms with Gasteiger partial charge >= 0.3 is 0 Å². The fourth-order valence-corrected chi connectivity index (χ4v) is 2.95. The Morgan fingerprint density at radius 2 is 1.90 bits per heavy atom. The number of ketones is 1. The van der Waals surface area contributed by atoms with Crippen LogP contribution in [0.15, 0.2) is 24.3 Å². The largest absolute Gasteiger partial charge is 0.303 e. The Morgan fingerprint density at radius 3 is 2.50 bits per heavy atom. The third-order valence-electron chi connectivity index (χ3n) is 5.02. The average Bonchev–Trinajstić information content (AvgIpc) is 2.47. The predicted molar refractivity (Wildman–Crippen MR) is 84.2 cm³/mol. The number of hydrogen-bond acceptors (Lipinski definition) is 2. The third-order valence-corrected chi connectivity index (χ3v) is 5.02. The van der Waals surface area contributed by atoms with Crippen molar-refractivity contribution in [1.29, 1.82) is 0 Å². The maximum Gasteiger partial charge on any atom is 0.164 e. The first-order valence-electron chi connectivity index (χ1n) is 7.85. The van der Waals surface area contributed by atoms with Gasteiger partial charge in [-0.2, -0.15) is 0 Å². The minimum Gasteiger partial charge on any atom is -0.303 e. The van der Waals surface area contributed by atoms with E-state index in [0.29, 0.717) is 11.8 Å². The zero-order valence-electron chi connectivity index (χ0n) is 13.1. The monoisotopic (exact) mass is 273 g/mol. The summed E-state index contributed by atoms with van der Waals surface area (Å²) in [4.78, 5) is 14.7. The number of likely N-dealkylation sites (tertiary alicyclic amines) is 1. The fourth-order valence-electron chi connectivity index (χ4n) is 2.95. The first-order valence-corrected chi connectivity index (χ1v) is 7.85. The van der Waals surface area contributed by atoms with E-state index in [1.165, 1.54) is 19.3 Å². The quantitative estimate of drug-likeness (QED) is 0.753. The van der Waals surface area contributed by atoms with Gasteiger partial charge in [0.05, 0.1) is 0 Å². The Kier molecular flexibility index (Phi) is 4.98. The molecule has 0 aromatic heterocycles. The van der Waals surface area contributed by atoms with Crippen molar-refractivity contribution in [1.82, 2.24) is 4.90 Å². The Hall–Kier alpha value is -1.15. The Bertz CT molecular complexity index is 458. The molecule has 1 aromatic rings. The van der Waals surface area contributed by atoms with Gasteiger partial charge in [-0.1, -0.05) is 44.5 Å².